The highest BCUT2D eigenvalue weighted by atomic mass is 35.5. The third-order valence-corrected chi connectivity index (χ3v) is 5.64. The minimum atomic E-state index is -0.444. The van der Waals surface area contributed by atoms with E-state index in [0.29, 0.717) is 26.9 Å². The van der Waals surface area contributed by atoms with Crippen LogP contribution in [0, 0.1) is 0 Å². The molecule has 1 aliphatic heterocycles. The first-order valence-electron chi connectivity index (χ1n) is 8.01. The van der Waals surface area contributed by atoms with Crippen LogP contribution >= 0.6 is 22.9 Å². The quantitative estimate of drug-likeness (QED) is 0.804. The Hall–Kier alpha value is -2.09. The van der Waals surface area contributed by atoms with Crippen molar-refractivity contribution in [3.8, 4) is 5.75 Å². The number of nitrogens with one attached hydrogen (secondary N) is 1. The molecule has 0 radical (unpaired) electrons. The number of hydrogen-bond acceptors (Lipinski definition) is 6. The molecule has 0 spiro atoms. The van der Waals surface area contributed by atoms with Gasteiger partial charge in [-0.05, 0) is 37.2 Å². The number of thiophene rings is 1. The predicted octanol–water partition coefficient (Wildman–Crippen LogP) is 3.44. The maximum atomic E-state index is 12.8. The first kappa shape index (κ1) is 18.7. The van der Waals surface area contributed by atoms with Gasteiger partial charge in [0.15, 0.2) is 0 Å². The van der Waals surface area contributed by atoms with E-state index in [1.807, 2.05) is 7.05 Å². The summed E-state index contributed by atoms with van der Waals surface area (Å²) in [6.45, 7) is 1.59. The number of carbonyl (C=O) groups is 2. The monoisotopic (exact) mass is 394 g/mol. The summed E-state index contributed by atoms with van der Waals surface area (Å²) in [6.07, 6.45) is 0.739. The Bertz CT molecular complexity index is 865. The number of nitrogens with zero attached hydrogens (tertiary/aromatic N) is 1. The van der Waals surface area contributed by atoms with Crippen LogP contribution in [0.15, 0.2) is 18.2 Å². The molecule has 0 saturated heterocycles. The summed E-state index contributed by atoms with van der Waals surface area (Å²) >= 11 is 7.41. The average Bonchev–Trinajstić information content (AvgIpc) is 2.97. The summed E-state index contributed by atoms with van der Waals surface area (Å²) in [4.78, 5) is 28.3. The van der Waals surface area contributed by atoms with Gasteiger partial charge in [-0.25, -0.2) is 4.79 Å². The van der Waals surface area contributed by atoms with Crippen molar-refractivity contribution in [2.45, 2.75) is 13.0 Å². The largest absolute Gasteiger partial charge is 0.496 e. The molecule has 1 aromatic heterocycles. The van der Waals surface area contributed by atoms with E-state index in [-0.39, 0.29) is 5.91 Å². The van der Waals surface area contributed by atoms with Gasteiger partial charge in [-0.15, -0.1) is 11.3 Å². The van der Waals surface area contributed by atoms with Crippen molar-refractivity contribution in [1.29, 1.82) is 0 Å². The van der Waals surface area contributed by atoms with E-state index in [2.05, 4.69) is 10.2 Å². The van der Waals surface area contributed by atoms with Crippen molar-refractivity contribution in [3.05, 3.63) is 44.8 Å². The molecule has 0 atom stereocenters. The Morgan fingerprint density at radius 3 is 2.77 bits per heavy atom. The Balaban J connectivity index is 1.98. The van der Waals surface area contributed by atoms with Gasteiger partial charge in [0.2, 0.25) is 0 Å². The molecule has 0 bridgehead atoms. The Labute approximate surface area is 160 Å². The lowest BCUT2D eigenvalue weighted by molar-refractivity contribution is 0.0600. The number of hydrogen-bond donors (Lipinski definition) is 1. The SMILES string of the molecule is COC(=O)c1c(NC(=O)c2cc(Cl)ccc2OC)sc2c1CCN(C)C2. The maximum absolute atomic E-state index is 12.8. The summed E-state index contributed by atoms with van der Waals surface area (Å²) in [7, 11) is 4.85. The van der Waals surface area contributed by atoms with Crippen LogP contribution in [0.4, 0.5) is 5.00 Å². The lowest BCUT2D eigenvalue weighted by atomic mass is 10.0. The number of methoxy groups -OCH3 is 2. The highest BCUT2D eigenvalue weighted by molar-refractivity contribution is 7.17. The second kappa shape index (κ2) is 7.65. The lowest BCUT2D eigenvalue weighted by Gasteiger charge is -2.22. The van der Waals surface area contributed by atoms with Crippen molar-refractivity contribution < 1.29 is 19.1 Å². The molecule has 0 aliphatic carbocycles. The molecule has 2 heterocycles. The van der Waals surface area contributed by atoms with E-state index in [9.17, 15) is 9.59 Å². The van der Waals surface area contributed by atoms with Gasteiger partial charge in [-0.2, -0.15) is 0 Å². The molecule has 3 rings (SSSR count). The van der Waals surface area contributed by atoms with E-state index in [1.165, 1.54) is 31.6 Å². The number of rotatable bonds is 4. The zero-order valence-corrected chi connectivity index (χ0v) is 16.3. The smallest absolute Gasteiger partial charge is 0.341 e. The van der Waals surface area contributed by atoms with Gasteiger partial charge in [-0.3, -0.25) is 4.79 Å². The molecule has 1 N–H and O–H groups in total. The fraction of sp³-hybridized carbons (Fsp3) is 0.333. The zero-order valence-electron chi connectivity index (χ0n) is 14.7. The summed E-state index contributed by atoms with van der Waals surface area (Å²) < 4.78 is 10.2. The molecular formula is C18H19ClN2O4S. The normalized spacial score (nSPS) is 13.8. The third kappa shape index (κ3) is 3.56. The fourth-order valence-electron chi connectivity index (χ4n) is 2.97. The average molecular weight is 395 g/mol. The number of esters is 1. The summed E-state index contributed by atoms with van der Waals surface area (Å²) in [6, 6.07) is 4.82. The number of benzene rings is 1. The predicted molar refractivity (Wildman–Crippen MR) is 102 cm³/mol. The van der Waals surface area contributed by atoms with Crippen LogP contribution in [-0.4, -0.2) is 44.6 Å². The first-order chi connectivity index (χ1) is 12.4. The number of carbonyl (C=O) groups excluding carboxylic acids is 2. The Morgan fingerprint density at radius 1 is 1.31 bits per heavy atom. The molecule has 0 unspecified atom stereocenters. The van der Waals surface area contributed by atoms with Crippen LogP contribution < -0.4 is 10.1 Å². The van der Waals surface area contributed by atoms with E-state index in [1.54, 1.807) is 12.1 Å². The molecule has 1 aromatic carbocycles. The number of halogens is 1. The minimum Gasteiger partial charge on any atom is -0.496 e. The van der Waals surface area contributed by atoms with E-state index in [4.69, 9.17) is 21.1 Å². The number of fused-ring (bicyclic) bond motifs is 1. The molecule has 6 nitrogen and oxygen atoms in total. The lowest BCUT2D eigenvalue weighted by Crippen LogP contribution is -2.26. The highest BCUT2D eigenvalue weighted by Crippen LogP contribution is 2.38. The number of anilines is 1. The zero-order chi connectivity index (χ0) is 18.8. The molecule has 26 heavy (non-hydrogen) atoms. The van der Waals surface area contributed by atoms with Crippen molar-refractivity contribution in [3.63, 3.8) is 0 Å². The minimum absolute atomic E-state index is 0.305. The second-order valence-electron chi connectivity index (χ2n) is 5.99. The number of likely N-dealkylation sites (N-methyl/N-ethyl adjacent to an activating group) is 1. The molecule has 1 amide bonds. The maximum Gasteiger partial charge on any atom is 0.341 e. The van der Waals surface area contributed by atoms with Crippen LogP contribution in [0.3, 0.4) is 0 Å². The van der Waals surface area contributed by atoms with Crippen molar-refractivity contribution >= 4 is 39.8 Å². The molecule has 0 saturated carbocycles. The second-order valence-corrected chi connectivity index (χ2v) is 7.53. The van der Waals surface area contributed by atoms with Crippen LogP contribution in [0.5, 0.6) is 5.75 Å². The van der Waals surface area contributed by atoms with Crippen LogP contribution in [0.2, 0.25) is 5.02 Å². The molecule has 1 aliphatic rings. The summed E-state index contributed by atoms with van der Waals surface area (Å²) in [5, 5.41) is 3.75. The summed E-state index contributed by atoms with van der Waals surface area (Å²) in [5.41, 5.74) is 1.70. The van der Waals surface area contributed by atoms with Gasteiger partial charge >= 0.3 is 5.97 Å². The summed E-state index contributed by atoms with van der Waals surface area (Å²) in [5.74, 6) is -0.422. The van der Waals surface area contributed by atoms with Gasteiger partial charge in [0, 0.05) is 23.0 Å². The number of amides is 1. The van der Waals surface area contributed by atoms with Gasteiger partial charge in [0.25, 0.3) is 5.91 Å². The molecule has 138 valence electrons. The van der Waals surface area contributed by atoms with E-state index < -0.39 is 5.97 Å². The van der Waals surface area contributed by atoms with Crippen molar-refractivity contribution in [1.82, 2.24) is 4.90 Å². The fourth-order valence-corrected chi connectivity index (χ4v) is 4.45. The molecule has 0 fully saturated rings. The van der Waals surface area contributed by atoms with Crippen LogP contribution in [-0.2, 0) is 17.7 Å². The molecule has 2 aromatic rings. The van der Waals surface area contributed by atoms with Crippen molar-refractivity contribution in [2.24, 2.45) is 0 Å². The van der Waals surface area contributed by atoms with Crippen LogP contribution in [0.25, 0.3) is 0 Å². The van der Waals surface area contributed by atoms with Gasteiger partial charge < -0.3 is 19.7 Å². The highest BCUT2D eigenvalue weighted by Gasteiger charge is 2.29. The molecule has 8 heteroatoms. The van der Waals surface area contributed by atoms with Crippen LogP contribution in [0.1, 0.15) is 31.2 Å². The Morgan fingerprint density at radius 2 is 2.08 bits per heavy atom. The molecular weight excluding hydrogens is 376 g/mol. The third-order valence-electron chi connectivity index (χ3n) is 4.27. The van der Waals surface area contributed by atoms with Crippen molar-refractivity contribution in [2.75, 3.05) is 33.1 Å². The van der Waals surface area contributed by atoms with Gasteiger partial charge in [0.1, 0.15) is 10.8 Å². The van der Waals surface area contributed by atoms with Gasteiger partial charge in [0.05, 0.1) is 25.3 Å². The van der Waals surface area contributed by atoms with E-state index in [0.717, 1.165) is 30.0 Å². The topological polar surface area (TPSA) is 67.9 Å². The number of ether oxygens (including phenoxy) is 2. The van der Waals surface area contributed by atoms with E-state index >= 15 is 0 Å². The first-order valence-corrected chi connectivity index (χ1v) is 9.20. The van der Waals surface area contributed by atoms with Gasteiger partial charge in [-0.1, -0.05) is 11.6 Å². The Kier molecular flexibility index (Phi) is 5.50. The standard InChI is InChI=1S/C18H19ClN2O4S/c1-21-7-6-11-14(9-21)26-17(15(11)18(23)25-3)20-16(22)12-8-10(19)4-5-13(12)24-2/h4-5,8H,6-7,9H2,1-3H3,(H,20,22).